The summed E-state index contributed by atoms with van der Waals surface area (Å²) >= 11 is 5.04. The first-order chi connectivity index (χ1) is 10.1. The normalized spacial score (nSPS) is 11.0. The molecular formula is C14H15N5OS. The third-order valence-corrected chi connectivity index (χ3v) is 3.87. The minimum absolute atomic E-state index is 0.126. The molecule has 2 heterocycles. The third-order valence-electron chi connectivity index (χ3n) is 3.50. The molecule has 6 nitrogen and oxygen atoms in total. The van der Waals surface area contributed by atoms with Crippen molar-refractivity contribution in [2.75, 3.05) is 0 Å². The van der Waals surface area contributed by atoms with E-state index in [2.05, 4.69) is 20.5 Å². The van der Waals surface area contributed by atoms with Crippen LogP contribution in [-0.4, -0.2) is 25.7 Å². The predicted octanol–water partition coefficient (Wildman–Crippen LogP) is 2.20. The molecule has 108 valence electrons. The lowest BCUT2D eigenvalue weighted by Gasteiger charge is -2.05. The second kappa shape index (κ2) is 5.17. The third kappa shape index (κ3) is 2.36. The van der Waals surface area contributed by atoms with Crippen molar-refractivity contribution in [3.63, 3.8) is 0 Å². The van der Waals surface area contributed by atoms with Gasteiger partial charge < -0.3 is 14.9 Å². The maximum absolute atomic E-state index is 12.4. The topological polar surface area (TPSA) is 78.5 Å². The Labute approximate surface area is 126 Å². The van der Waals surface area contributed by atoms with Gasteiger partial charge in [-0.05, 0) is 25.2 Å². The van der Waals surface area contributed by atoms with Crippen molar-refractivity contribution >= 4 is 29.0 Å². The van der Waals surface area contributed by atoms with Gasteiger partial charge in [-0.15, -0.1) is 0 Å². The van der Waals surface area contributed by atoms with Crippen molar-refractivity contribution in [2.45, 2.75) is 13.5 Å². The maximum atomic E-state index is 12.4. The number of amides is 1. The van der Waals surface area contributed by atoms with Crippen LogP contribution in [0, 0.1) is 11.7 Å². The van der Waals surface area contributed by atoms with Crippen LogP contribution in [0.2, 0.25) is 0 Å². The lowest BCUT2D eigenvalue weighted by Crippen LogP contribution is -2.24. The number of nitrogens with zero attached hydrogens (tertiary/aromatic N) is 2. The van der Waals surface area contributed by atoms with Crippen LogP contribution in [0.15, 0.2) is 24.3 Å². The number of rotatable bonds is 3. The van der Waals surface area contributed by atoms with E-state index in [0.717, 1.165) is 16.6 Å². The Morgan fingerprint density at radius 1 is 1.43 bits per heavy atom. The molecule has 0 bridgehead atoms. The SMILES string of the molecule is Cc1[nH]c2ccccc2c1C(=O)NCc1n[nH]c(=S)n1C. The van der Waals surface area contributed by atoms with Crippen LogP contribution in [0.1, 0.15) is 21.9 Å². The van der Waals surface area contributed by atoms with Crippen molar-refractivity contribution in [3.05, 3.63) is 46.1 Å². The second-order valence-corrected chi connectivity index (χ2v) is 5.24. The van der Waals surface area contributed by atoms with Crippen LogP contribution in [-0.2, 0) is 13.6 Å². The van der Waals surface area contributed by atoms with E-state index < -0.39 is 0 Å². The zero-order valence-corrected chi connectivity index (χ0v) is 12.5. The highest BCUT2D eigenvalue weighted by Crippen LogP contribution is 2.21. The number of H-pyrrole nitrogens is 2. The van der Waals surface area contributed by atoms with Crippen LogP contribution in [0.3, 0.4) is 0 Å². The van der Waals surface area contributed by atoms with E-state index in [1.807, 2.05) is 38.2 Å². The van der Waals surface area contributed by atoms with E-state index in [1.54, 1.807) is 4.57 Å². The highest BCUT2D eigenvalue weighted by Gasteiger charge is 2.16. The Morgan fingerprint density at radius 2 is 2.19 bits per heavy atom. The molecule has 0 saturated heterocycles. The molecule has 3 rings (SSSR count). The number of aryl methyl sites for hydroxylation is 1. The Balaban J connectivity index is 1.86. The fraction of sp³-hybridized carbons (Fsp3) is 0.214. The molecular weight excluding hydrogens is 286 g/mol. The van der Waals surface area contributed by atoms with Gasteiger partial charge in [-0.25, -0.2) is 0 Å². The van der Waals surface area contributed by atoms with Gasteiger partial charge in [-0.2, -0.15) is 5.10 Å². The molecule has 0 aliphatic rings. The molecule has 7 heteroatoms. The number of hydrogen-bond donors (Lipinski definition) is 3. The Hall–Kier alpha value is -2.41. The van der Waals surface area contributed by atoms with Gasteiger partial charge in [0.05, 0.1) is 12.1 Å². The first-order valence-corrected chi connectivity index (χ1v) is 6.94. The first-order valence-electron chi connectivity index (χ1n) is 6.53. The Kier molecular flexibility index (Phi) is 3.34. The summed E-state index contributed by atoms with van der Waals surface area (Å²) in [6.07, 6.45) is 0. The molecule has 0 radical (unpaired) electrons. The molecule has 0 atom stereocenters. The zero-order valence-electron chi connectivity index (χ0n) is 11.7. The van der Waals surface area contributed by atoms with Gasteiger partial charge in [-0.1, -0.05) is 18.2 Å². The van der Waals surface area contributed by atoms with Crippen molar-refractivity contribution in [3.8, 4) is 0 Å². The van der Waals surface area contributed by atoms with Gasteiger partial charge in [0.15, 0.2) is 10.6 Å². The average molecular weight is 301 g/mol. The van der Waals surface area contributed by atoms with E-state index in [9.17, 15) is 4.79 Å². The number of nitrogens with one attached hydrogen (secondary N) is 3. The summed E-state index contributed by atoms with van der Waals surface area (Å²) in [6, 6.07) is 7.75. The van der Waals surface area contributed by atoms with E-state index in [-0.39, 0.29) is 5.91 Å². The van der Waals surface area contributed by atoms with Gasteiger partial charge in [0.1, 0.15) is 0 Å². The van der Waals surface area contributed by atoms with Gasteiger partial charge in [-0.3, -0.25) is 9.89 Å². The number of carbonyl (C=O) groups is 1. The van der Waals surface area contributed by atoms with Crippen LogP contribution in [0.5, 0.6) is 0 Å². The van der Waals surface area contributed by atoms with E-state index in [4.69, 9.17) is 12.2 Å². The fourth-order valence-electron chi connectivity index (χ4n) is 2.35. The molecule has 0 aliphatic carbocycles. The maximum Gasteiger partial charge on any atom is 0.254 e. The van der Waals surface area contributed by atoms with Crippen molar-refractivity contribution < 1.29 is 4.79 Å². The van der Waals surface area contributed by atoms with Gasteiger partial charge in [0.2, 0.25) is 0 Å². The summed E-state index contributed by atoms with van der Waals surface area (Å²) in [4.78, 5) is 15.6. The number of hydrogen-bond acceptors (Lipinski definition) is 3. The standard InChI is InChI=1S/C14H15N5OS/c1-8-12(9-5-3-4-6-10(9)16-8)13(20)15-7-11-17-18-14(21)19(11)2/h3-6,16H,7H2,1-2H3,(H,15,20)(H,18,21). The Morgan fingerprint density at radius 3 is 2.90 bits per heavy atom. The summed E-state index contributed by atoms with van der Waals surface area (Å²) in [5.74, 6) is 0.560. The Bertz CT molecular complexity index is 873. The number of aromatic amines is 2. The zero-order chi connectivity index (χ0) is 15.0. The largest absolute Gasteiger partial charge is 0.358 e. The molecule has 3 aromatic rings. The fourth-order valence-corrected chi connectivity index (χ4v) is 2.51. The van der Waals surface area contributed by atoms with Gasteiger partial charge >= 0.3 is 0 Å². The van der Waals surface area contributed by atoms with E-state index in [0.29, 0.717) is 22.7 Å². The molecule has 0 unspecified atom stereocenters. The number of aromatic nitrogens is 4. The lowest BCUT2D eigenvalue weighted by atomic mass is 10.1. The molecule has 21 heavy (non-hydrogen) atoms. The molecule has 2 aromatic heterocycles. The number of carbonyl (C=O) groups excluding carboxylic acids is 1. The van der Waals surface area contributed by atoms with Crippen LogP contribution in [0.25, 0.3) is 10.9 Å². The molecule has 0 spiro atoms. The van der Waals surface area contributed by atoms with Gasteiger partial charge in [0, 0.05) is 23.6 Å². The van der Waals surface area contributed by atoms with Crippen molar-refractivity contribution in [2.24, 2.45) is 7.05 Å². The summed E-state index contributed by atoms with van der Waals surface area (Å²) in [5.41, 5.74) is 2.48. The minimum Gasteiger partial charge on any atom is -0.358 e. The van der Waals surface area contributed by atoms with E-state index in [1.165, 1.54) is 0 Å². The number of fused-ring (bicyclic) bond motifs is 1. The smallest absolute Gasteiger partial charge is 0.254 e. The summed E-state index contributed by atoms with van der Waals surface area (Å²) in [6.45, 7) is 2.21. The van der Waals surface area contributed by atoms with Crippen molar-refractivity contribution in [1.82, 2.24) is 25.1 Å². The average Bonchev–Trinajstić information content (AvgIpc) is 2.97. The lowest BCUT2D eigenvalue weighted by molar-refractivity contribution is 0.0950. The first kappa shape index (κ1) is 13.6. The summed E-state index contributed by atoms with van der Waals surface area (Å²) < 4.78 is 2.26. The van der Waals surface area contributed by atoms with Crippen LogP contribution >= 0.6 is 12.2 Å². The number of para-hydroxylation sites is 1. The molecule has 0 saturated carbocycles. The van der Waals surface area contributed by atoms with Gasteiger partial charge in [0.25, 0.3) is 5.91 Å². The second-order valence-electron chi connectivity index (χ2n) is 4.86. The molecule has 0 fully saturated rings. The molecule has 1 aromatic carbocycles. The summed E-state index contributed by atoms with van der Waals surface area (Å²) in [7, 11) is 1.81. The van der Waals surface area contributed by atoms with Crippen molar-refractivity contribution in [1.29, 1.82) is 0 Å². The minimum atomic E-state index is -0.126. The van der Waals surface area contributed by atoms with Crippen LogP contribution in [0.4, 0.5) is 0 Å². The van der Waals surface area contributed by atoms with Crippen LogP contribution < -0.4 is 5.32 Å². The van der Waals surface area contributed by atoms with E-state index >= 15 is 0 Å². The monoisotopic (exact) mass is 301 g/mol. The summed E-state index contributed by atoms with van der Waals surface area (Å²) in [5, 5.41) is 10.6. The molecule has 3 N–H and O–H groups in total. The molecule has 0 aliphatic heterocycles. The quantitative estimate of drug-likeness (QED) is 0.649. The molecule has 1 amide bonds. The number of benzene rings is 1. The predicted molar refractivity (Wildman–Crippen MR) is 82.6 cm³/mol. The highest BCUT2D eigenvalue weighted by molar-refractivity contribution is 7.71. The highest BCUT2D eigenvalue weighted by atomic mass is 32.1.